The highest BCUT2D eigenvalue weighted by molar-refractivity contribution is 6.46. The largest absolute Gasteiger partial charge is 0.507 e. The van der Waals surface area contributed by atoms with Gasteiger partial charge in [-0.1, -0.05) is 13.8 Å². The van der Waals surface area contributed by atoms with Crippen LogP contribution in [0, 0.1) is 6.92 Å². The van der Waals surface area contributed by atoms with Gasteiger partial charge in [0.1, 0.15) is 29.1 Å². The smallest absolute Gasteiger partial charge is 0.295 e. The molecule has 1 aromatic carbocycles. The van der Waals surface area contributed by atoms with E-state index in [4.69, 9.17) is 9.15 Å². The van der Waals surface area contributed by atoms with Crippen molar-refractivity contribution in [2.75, 3.05) is 33.8 Å². The summed E-state index contributed by atoms with van der Waals surface area (Å²) in [6.07, 6.45) is 0. The third kappa shape index (κ3) is 4.58. The second kappa shape index (κ2) is 9.61. The zero-order valence-corrected chi connectivity index (χ0v) is 19.6. The summed E-state index contributed by atoms with van der Waals surface area (Å²) >= 11 is 0. The molecule has 0 bridgehead atoms. The average molecular weight is 441 g/mol. The molecule has 32 heavy (non-hydrogen) atoms. The summed E-state index contributed by atoms with van der Waals surface area (Å²) in [5.74, 6) is 0.458. The third-order valence-electron chi connectivity index (χ3n) is 5.56. The number of aryl methyl sites for hydroxylation is 1. The Bertz CT molecular complexity index is 1030. The Morgan fingerprint density at radius 3 is 2.50 bits per heavy atom. The van der Waals surface area contributed by atoms with Crippen LogP contribution in [-0.4, -0.2) is 60.4 Å². The highest BCUT2D eigenvalue weighted by atomic mass is 16.5. The summed E-state index contributed by atoms with van der Waals surface area (Å²) in [4.78, 5) is 29.4. The van der Waals surface area contributed by atoms with Crippen molar-refractivity contribution in [1.82, 2.24) is 9.80 Å². The minimum atomic E-state index is -0.780. The zero-order chi connectivity index (χ0) is 23.6. The normalized spacial score (nSPS) is 18.2. The maximum atomic E-state index is 13.1. The van der Waals surface area contributed by atoms with Gasteiger partial charge in [0.15, 0.2) is 0 Å². The second-order valence-corrected chi connectivity index (χ2v) is 8.58. The molecule has 1 amide bonds. The molecule has 1 atom stereocenters. The molecule has 7 heteroatoms. The molecule has 0 radical (unpaired) electrons. The lowest BCUT2D eigenvalue weighted by molar-refractivity contribution is -0.140. The van der Waals surface area contributed by atoms with Crippen molar-refractivity contribution in [3.63, 3.8) is 0 Å². The van der Waals surface area contributed by atoms with Crippen molar-refractivity contribution in [2.24, 2.45) is 0 Å². The highest BCUT2D eigenvalue weighted by Crippen LogP contribution is 2.40. The number of likely N-dealkylation sites (N-methyl/N-ethyl adjacent to an activating group) is 1. The van der Waals surface area contributed by atoms with Gasteiger partial charge in [0.05, 0.1) is 12.2 Å². The summed E-state index contributed by atoms with van der Waals surface area (Å²) in [6, 6.07) is 8.08. The Balaban J connectivity index is 2.14. The van der Waals surface area contributed by atoms with Crippen LogP contribution in [0.3, 0.4) is 0 Å². The molecule has 3 rings (SSSR count). The van der Waals surface area contributed by atoms with E-state index in [1.165, 1.54) is 4.90 Å². The van der Waals surface area contributed by atoms with Crippen molar-refractivity contribution in [3.05, 3.63) is 58.6 Å². The number of hydrogen-bond acceptors (Lipinski definition) is 6. The van der Waals surface area contributed by atoms with E-state index in [1.807, 2.05) is 45.8 Å². The predicted molar refractivity (Wildman–Crippen MR) is 123 cm³/mol. The fraction of sp³-hybridized carbons (Fsp3) is 0.440. The maximum Gasteiger partial charge on any atom is 0.295 e. The highest BCUT2D eigenvalue weighted by Gasteiger charge is 2.47. The van der Waals surface area contributed by atoms with Gasteiger partial charge in [0.25, 0.3) is 11.7 Å². The first kappa shape index (κ1) is 23.6. The number of amides is 1. The molecule has 172 valence electrons. The van der Waals surface area contributed by atoms with Crippen LogP contribution in [0.1, 0.15) is 55.4 Å². The first-order valence-corrected chi connectivity index (χ1v) is 10.9. The molecule has 2 aromatic rings. The molecule has 1 aliphatic heterocycles. The Morgan fingerprint density at radius 2 is 1.94 bits per heavy atom. The van der Waals surface area contributed by atoms with E-state index in [2.05, 4.69) is 0 Å². The van der Waals surface area contributed by atoms with Crippen molar-refractivity contribution in [1.29, 1.82) is 0 Å². The van der Waals surface area contributed by atoms with E-state index in [0.717, 1.165) is 11.3 Å². The lowest BCUT2D eigenvalue weighted by atomic mass is 9.95. The topological polar surface area (TPSA) is 83.2 Å². The Kier molecular flexibility index (Phi) is 7.09. The van der Waals surface area contributed by atoms with Crippen LogP contribution < -0.4 is 4.74 Å². The molecule has 0 spiro atoms. The van der Waals surface area contributed by atoms with Gasteiger partial charge in [-0.05, 0) is 69.8 Å². The number of carbonyl (C=O) groups excluding carboxylic acids is 2. The summed E-state index contributed by atoms with van der Waals surface area (Å²) in [5.41, 5.74) is 1.43. The summed E-state index contributed by atoms with van der Waals surface area (Å²) in [6.45, 7) is 9.22. The Labute approximate surface area is 189 Å². The minimum Gasteiger partial charge on any atom is -0.507 e. The van der Waals surface area contributed by atoms with Crippen molar-refractivity contribution < 1.29 is 23.8 Å². The summed E-state index contributed by atoms with van der Waals surface area (Å²) in [5, 5.41) is 11.3. The van der Waals surface area contributed by atoms with Crippen molar-refractivity contribution in [2.45, 2.75) is 39.7 Å². The van der Waals surface area contributed by atoms with E-state index in [-0.39, 0.29) is 17.3 Å². The number of ketones is 1. The molecular formula is C25H32N2O5. The molecule has 1 saturated heterocycles. The first-order valence-electron chi connectivity index (χ1n) is 10.9. The molecule has 1 aliphatic rings. The fourth-order valence-corrected chi connectivity index (χ4v) is 3.90. The lowest BCUT2D eigenvalue weighted by Crippen LogP contribution is -2.35. The van der Waals surface area contributed by atoms with E-state index in [1.54, 1.807) is 31.2 Å². The number of aliphatic hydroxyl groups is 1. The van der Waals surface area contributed by atoms with E-state index in [0.29, 0.717) is 36.8 Å². The predicted octanol–water partition coefficient (Wildman–Crippen LogP) is 4.09. The molecule has 1 fully saturated rings. The number of carbonyl (C=O) groups is 2. The van der Waals surface area contributed by atoms with Gasteiger partial charge >= 0.3 is 0 Å². The van der Waals surface area contributed by atoms with Gasteiger partial charge in [-0.2, -0.15) is 0 Å². The van der Waals surface area contributed by atoms with Gasteiger partial charge in [-0.15, -0.1) is 0 Å². The van der Waals surface area contributed by atoms with Crippen LogP contribution >= 0.6 is 0 Å². The van der Waals surface area contributed by atoms with Gasteiger partial charge in [-0.25, -0.2) is 0 Å². The number of nitrogens with zero attached hydrogens (tertiary/aromatic N) is 2. The third-order valence-corrected chi connectivity index (χ3v) is 5.56. The SMILES string of the molecule is CCOc1ccc(/C(O)=C2/C(=O)C(=O)N(CCN(C)C)C2c2ccc(C)o2)cc1C(C)C. The molecule has 1 unspecified atom stereocenters. The number of ether oxygens (including phenoxy) is 1. The van der Waals surface area contributed by atoms with E-state index in [9.17, 15) is 14.7 Å². The average Bonchev–Trinajstić information content (AvgIpc) is 3.27. The van der Waals surface area contributed by atoms with Crippen molar-refractivity contribution in [3.8, 4) is 5.75 Å². The van der Waals surface area contributed by atoms with Crippen LogP contribution in [0.4, 0.5) is 0 Å². The van der Waals surface area contributed by atoms with Gasteiger partial charge in [0.2, 0.25) is 0 Å². The van der Waals surface area contributed by atoms with Crippen LogP contribution in [0.2, 0.25) is 0 Å². The fourth-order valence-electron chi connectivity index (χ4n) is 3.90. The maximum absolute atomic E-state index is 13.1. The number of benzene rings is 1. The number of hydrogen-bond donors (Lipinski definition) is 1. The second-order valence-electron chi connectivity index (χ2n) is 8.58. The standard InChI is InChI=1S/C25H32N2O5/c1-7-31-19-11-9-17(14-18(19)15(2)3)23(28)21-22(20-10-8-16(4)32-20)27(13-12-26(5)6)25(30)24(21)29/h8-11,14-15,22,28H,7,12-13H2,1-6H3/b23-21-. The number of aliphatic hydroxyl groups excluding tert-OH is 1. The summed E-state index contributed by atoms with van der Waals surface area (Å²) < 4.78 is 11.5. The molecule has 0 aliphatic carbocycles. The zero-order valence-electron chi connectivity index (χ0n) is 19.6. The van der Waals surface area contributed by atoms with Gasteiger partial charge in [-0.3, -0.25) is 9.59 Å². The van der Waals surface area contributed by atoms with E-state index < -0.39 is 17.7 Å². The van der Waals surface area contributed by atoms with Crippen LogP contribution in [0.15, 0.2) is 40.3 Å². The van der Waals surface area contributed by atoms with Gasteiger partial charge < -0.3 is 24.1 Å². The number of furan rings is 1. The molecule has 2 heterocycles. The molecular weight excluding hydrogens is 408 g/mol. The van der Waals surface area contributed by atoms with Crippen LogP contribution in [0.25, 0.3) is 5.76 Å². The molecule has 7 nitrogen and oxygen atoms in total. The van der Waals surface area contributed by atoms with Crippen LogP contribution in [-0.2, 0) is 9.59 Å². The van der Waals surface area contributed by atoms with Crippen molar-refractivity contribution >= 4 is 17.4 Å². The monoisotopic (exact) mass is 440 g/mol. The molecule has 0 saturated carbocycles. The Morgan fingerprint density at radius 1 is 1.22 bits per heavy atom. The van der Waals surface area contributed by atoms with Gasteiger partial charge in [0, 0.05) is 18.7 Å². The van der Waals surface area contributed by atoms with Crippen LogP contribution in [0.5, 0.6) is 5.75 Å². The lowest BCUT2D eigenvalue weighted by Gasteiger charge is -2.24. The number of likely N-dealkylation sites (tertiary alicyclic amines) is 1. The quantitative estimate of drug-likeness (QED) is 0.378. The minimum absolute atomic E-state index is 0.0435. The molecule has 1 N–H and O–H groups in total. The first-order chi connectivity index (χ1) is 15.1. The van der Waals surface area contributed by atoms with E-state index >= 15 is 0 Å². The number of rotatable bonds is 8. The molecule has 1 aromatic heterocycles. The number of Topliss-reactive ketones (excluding diaryl/α,β-unsaturated/α-hetero) is 1. The summed E-state index contributed by atoms with van der Waals surface area (Å²) in [7, 11) is 3.80. The Hall–Kier alpha value is -3.06.